The number of aromatic nitrogens is 1. The van der Waals surface area contributed by atoms with Gasteiger partial charge in [0.05, 0.1) is 18.2 Å². The standard InChI is InChI=1S/C26H20F2N2O4/c1-34-20-9-2-16(3-10-20)13-29-24(31)15-30-14-22(25(32)17-4-6-18(27)7-5-17)26(33)21-12-19(28)8-11-23(21)30/h2-12,14H,13,15H2,1H3,(H,29,31). The average Bonchev–Trinajstić information content (AvgIpc) is 2.85. The Morgan fingerprint density at radius 2 is 1.62 bits per heavy atom. The molecule has 0 unspecified atom stereocenters. The van der Waals surface area contributed by atoms with Gasteiger partial charge in [0.1, 0.15) is 23.9 Å². The van der Waals surface area contributed by atoms with Gasteiger partial charge in [0.15, 0.2) is 5.78 Å². The fraction of sp³-hybridized carbons (Fsp3) is 0.115. The minimum atomic E-state index is -0.668. The zero-order valence-corrected chi connectivity index (χ0v) is 18.2. The minimum Gasteiger partial charge on any atom is -0.497 e. The summed E-state index contributed by atoms with van der Waals surface area (Å²) in [5.74, 6) is -1.50. The first-order chi connectivity index (χ1) is 16.4. The van der Waals surface area contributed by atoms with Gasteiger partial charge in [-0.3, -0.25) is 14.4 Å². The number of pyridine rings is 1. The van der Waals surface area contributed by atoms with Gasteiger partial charge in [0.25, 0.3) is 0 Å². The molecule has 1 N–H and O–H groups in total. The lowest BCUT2D eigenvalue weighted by Gasteiger charge is -2.14. The highest BCUT2D eigenvalue weighted by Crippen LogP contribution is 2.17. The van der Waals surface area contributed by atoms with Crippen LogP contribution in [0.1, 0.15) is 21.5 Å². The molecule has 1 heterocycles. The molecule has 0 radical (unpaired) electrons. The number of ketones is 1. The van der Waals surface area contributed by atoms with Crippen LogP contribution in [0.25, 0.3) is 10.9 Å². The summed E-state index contributed by atoms with van der Waals surface area (Å²) in [6.07, 6.45) is 1.28. The molecule has 0 fully saturated rings. The number of nitrogens with one attached hydrogen (secondary N) is 1. The quantitative estimate of drug-likeness (QED) is 0.424. The molecule has 1 amide bonds. The van der Waals surface area contributed by atoms with Crippen molar-refractivity contribution < 1.29 is 23.1 Å². The van der Waals surface area contributed by atoms with Gasteiger partial charge in [0.2, 0.25) is 11.3 Å². The van der Waals surface area contributed by atoms with Crippen LogP contribution in [0, 0.1) is 11.6 Å². The number of hydrogen-bond donors (Lipinski definition) is 1. The normalized spacial score (nSPS) is 10.8. The smallest absolute Gasteiger partial charge is 0.240 e. The molecule has 4 rings (SSSR count). The zero-order valence-electron chi connectivity index (χ0n) is 18.2. The van der Waals surface area contributed by atoms with Gasteiger partial charge in [-0.15, -0.1) is 0 Å². The van der Waals surface area contributed by atoms with Gasteiger partial charge in [-0.1, -0.05) is 12.1 Å². The van der Waals surface area contributed by atoms with Crippen molar-refractivity contribution in [1.29, 1.82) is 0 Å². The summed E-state index contributed by atoms with van der Waals surface area (Å²) in [6.45, 7) is 0.0548. The van der Waals surface area contributed by atoms with Gasteiger partial charge < -0.3 is 14.6 Å². The van der Waals surface area contributed by atoms with E-state index >= 15 is 0 Å². The van der Waals surface area contributed by atoms with Crippen molar-refractivity contribution in [3.05, 3.63) is 111 Å². The van der Waals surface area contributed by atoms with Crippen LogP contribution in [-0.2, 0) is 17.9 Å². The maximum absolute atomic E-state index is 13.9. The van der Waals surface area contributed by atoms with E-state index in [9.17, 15) is 23.2 Å². The average molecular weight is 462 g/mol. The molecule has 0 saturated heterocycles. The van der Waals surface area contributed by atoms with Crippen LogP contribution in [-0.4, -0.2) is 23.4 Å². The molecule has 4 aromatic rings. The molecule has 6 nitrogen and oxygen atoms in total. The van der Waals surface area contributed by atoms with E-state index in [1.54, 1.807) is 19.2 Å². The third kappa shape index (κ3) is 4.85. The summed E-state index contributed by atoms with van der Waals surface area (Å²) in [4.78, 5) is 38.6. The number of carbonyl (C=O) groups excluding carboxylic acids is 2. The van der Waals surface area contributed by atoms with E-state index in [2.05, 4.69) is 5.32 Å². The summed E-state index contributed by atoms with van der Waals surface area (Å²) in [5, 5.41) is 2.75. The molecule has 0 aliphatic heterocycles. The van der Waals surface area contributed by atoms with Crippen LogP contribution in [0.2, 0.25) is 0 Å². The Hall–Kier alpha value is -4.33. The third-order valence-electron chi connectivity index (χ3n) is 5.36. The molecule has 0 atom stereocenters. The van der Waals surface area contributed by atoms with E-state index in [1.807, 2.05) is 12.1 Å². The first kappa shape index (κ1) is 22.8. The molecule has 0 saturated carbocycles. The topological polar surface area (TPSA) is 77.4 Å². The van der Waals surface area contributed by atoms with Crippen LogP contribution in [0.3, 0.4) is 0 Å². The number of benzene rings is 3. The Balaban J connectivity index is 1.64. The van der Waals surface area contributed by atoms with E-state index in [1.165, 1.54) is 35.0 Å². The number of halogens is 2. The van der Waals surface area contributed by atoms with E-state index in [4.69, 9.17) is 4.74 Å². The summed E-state index contributed by atoms with van der Waals surface area (Å²) >= 11 is 0. The fourth-order valence-electron chi connectivity index (χ4n) is 3.57. The van der Waals surface area contributed by atoms with E-state index in [0.29, 0.717) is 11.3 Å². The maximum atomic E-state index is 13.9. The number of rotatable bonds is 7. The first-order valence-electron chi connectivity index (χ1n) is 10.4. The van der Waals surface area contributed by atoms with Crippen molar-refractivity contribution in [2.75, 3.05) is 7.11 Å². The Morgan fingerprint density at radius 1 is 0.941 bits per heavy atom. The number of fused-ring (bicyclic) bond motifs is 1. The van der Waals surface area contributed by atoms with Crippen molar-refractivity contribution in [3.63, 3.8) is 0 Å². The third-order valence-corrected chi connectivity index (χ3v) is 5.36. The lowest BCUT2D eigenvalue weighted by Crippen LogP contribution is -2.29. The summed E-state index contributed by atoms with van der Waals surface area (Å²) < 4.78 is 33.7. The number of nitrogens with zero attached hydrogens (tertiary/aromatic N) is 1. The van der Waals surface area contributed by atoms with Gasteiger partial charge in [0, 0.05) is 23.7 Å². The van der Waals surface area contributed by atoms with Gasteiger partial charge in [-0.25, -0.2) is 8.78 Å². The fourth-order valence-corrected chi connectivity index (χ4v) is 3.57. The first-order valence-corrected chi connectivity index (χ1v) is 10.4. The summed E-state index contributed by atoms with van der Waals surface area (Å²) in [7, 11) is 1.56. The molecule has 8 heteroatoms. The van der Waals surface area contributed by atoms with Crippen LogP contribution in [0.5, 0.6) is 5.75 Å². The summed E-state index contributed by atoms with van der Waals surface area (Å²) in [5.41, 5.74) is 0.353. The highest BCUT2D eigenvalue weighted by Gasteiger charge is 2.19. The maximum Gasteiger partial charge on any atom is 0.240 e. The second-order valence-corrected chi connectivity index (χ2v) is 7.62. The molecule has 3 aromatic carbocycles. The SMILES string of the molecule is COc1ccc(CNC(=O)Cn2cc(C(=O)c3ccc(F)cc3)c(=O)c3cc(F)ccc32)cc1. The predicted molar refractivity (Wildman–Crippen MR) is 123 cm³/mol. The van der Waals surface area contributed by atoms with Crippen molar-refractivity contribution in [3.8, 4) is 5.75 Å². The zero-order chi connectivity index (χ0) is 24.2. The molecule has 0 spiro atoms. The van der Waals surface area contributed by atoms with Gasteiger partial charge >= 0.3 is 0 Å². The number of ether oxygens (including phenoxy) is 1. The molecular weight excluding hydrogens is 442 g/mol. The largest absolute Gasteiger partial charge is 0.497 e. The molecule has 1 aromatic heterocycles. The molecular formula is C26H20F2N2O4. The highest BCUT2D eigenvalue weighted by atomic mass is 19.1. The molecule has 0 aliphatic carbocycles. The number of methoxy groups -OCH3 is 1. The van der Waals surface area contributed by atoms with Crippen LogP contribution < -0.4 is 15.5 Å². The molecule has 0 bridgehead atoms. The number of amides is 1. The van der Waals surface area contributed by atoms with E-state index < -0.39 is 22.8 Å². The van der Waals surface area contributed by atoms with Crippen molar-refractivity contribution in [2.24, 2.45) is 0 Å². The predicted octanol–water partition coefficient (Wildman–Crippen LogP) is 3.84. The Kier molecular flexibility index (Phi) is 6.49. The van der Waals surface area contributed by atoms with Crippen molar-refractivity contribution in [2.45, 2.75) is 13.1 Å². The molecule has 172 valence electrons. The van der Waals surface area contributed by atoms with Crippen molar-refractivity contribution in [1.82, 2.24) is 9.88 Å². The van der Waals surface area contributed by atoms with Crippen LogP contribution >= 0.6 is 0 Å². The Bertz CT molecular complexity index is 1430. The molecule has 0 aliphatic rings. The second kappa shape index (κ2) is 9.66. The van der Waals surface area contributed by atoms with E-state index in [0.717, 1.165) is 23.8 Å². The lowest BCUT2D eigenvalue weighted by molar-refractivity contribution is -0.121. The minimum absolute atomic E-state index is 0.0316. The monoisotopic (exact) mass is 462 g/mol. The summed E-state index contributed by atoms with van der Waals surface area (Å²) in [6, 6.07) is 15.5. The van der Waals surface area contributed by atoms with Crippen LogP contribution in [0.15, 0.2) is 77.7 Å². The second-order valence-electron chi connectivity index (χ2n) is 7.62. The van der Waals surface area contributed by atoms with Crippen LogP contribution in [0.4, 0.5) is 8.78 Å². The van der Waals surface area contributed by atoms with Crippen molar-refractivity contribution >= 4 is 22.6 Å². The number of hydrogen-bond acceptors (Lipinski definition) is 4. The van der Waals surface area contributed by atoms with Gasteiger partial charge in [-0.2, -0.15) is 0 Å². The Labute approximate surface area is 193 Å². The lowest BCUT2D eigenvalue weighted by atomic mass is 10.0. The molecule has 34 heavy (non-hydrogen) atoms. The van der Waals surface area contributed by atoms with Gasteiger partial charge in [-0.05, 0) is 60.2 Å². The highest BCUT2D eigenvalue weighted by molar-refractivity contribution is 6.10. The Morgan fingerprint density at radius 3 is 2.29 bits per heavy atom. The van der Waals surface area contributed by atoms with E-state index in [-0.39, 0.29) is 35.5 Å². The number of carbonyl (C=O) groups is 2.